The lowest BCUT2D eigenvalue weighted by atomic mass is 10.2. The second kappa shape index (κ2) is 13.4. The number of nitrogens with one attached hydrogen (secondary N) is 1. The van der Waals surface area contributed by atoms with Crippen molar-refractivity contribution in [1.29, 1.82) is 0 Å². The Morgan fingerprint density at radius 3 is 2.39 bits per heavy atom. The van der Waals surface area contributed by atoms with Crippen LogP contribution in [0.3, 0.4) is 0 Å². The topological polar surface area (TPSA) is 75.7 Å². The molecule has 0 radical (unpaired) electrons. The van der Waals surface area contributed by atoms with Gasteiger partial charge in [-0.2, -0.15) is 11.8 Å². The molecule has 0 saturated heterocycles. The van der Waals surface area contributed by atoms with Crippen molar-refractivity contribution in [2.45, 2.75) is 17.6 Å². The fourth-order valence-electron chi connectivity index (χ4n) is 3.24. The van der Waals surface area contributed by atoms with Crippen molar-refractivity contribution < 1.29 is 17.9 Å². The Hall–Kier alpha value is -2.10. The fraction of sp³-hybridized carbons (Fsp3) is 0.240. The highest BCUT2D eigenvalue weighted by Crippen LogP contribution is 2.32. The summed E-state index contributed by atoms with van der Waals surface area (Å²) in [5, 5.41) is 4.37. The van der Waals surface area contributed by atoms with Gasteiger partial charge in [0.25, 0.3) is 10.0 Å². The van der Waals surface area contributed by atoms with Gasteiger partial charge in [-0.3, -0.25) is 9.10 Å². The average Bonchev–Trinajstić information content (AvgIpc) is 2.84. The largest absolute Gasteiger partial charge is 0.492 e. The molecule has 1 amide bonds. The number of thioether (sulfide) groups is 1. The molecule has 0 aliphatic rings. The molecule has 3 rings (SSSR count). The van der Waals surface area contributed by atoms with Gasteiger partial charge in [-0.05, 0) is 61.0 Å². The first-order valence-corrected chi connectivity index (χ1v) is 14.7. The number of nitrogens with zero attached hydrogens (tertiary/aromatic N) is 1. The van der Waals surface area contributed by atoms with Crippen LogP contribution in [0.25, 0.3) is 0 Å². The third-order valence-corrected chi connectivity index (χ3v) is 8.58. The Balaban J connectivity index is 1.70. The number of anilines is 1. The van der Waals surface area contributed by atoms with E-state index in [0.717, 1.165) is 9.87 Å². The highest BCUT2D eigenvalue weighted by molar-refractivity contribution is 7.98. The van der Waals surface area contributed by atoms with Crippen molar-refractivity contribution >= 4 is 68.2 Å². The molecule has 0 aliphatic heterocycles. The maximum Gasteiger partial charge on any atom is 0.264 e. The number of hydrogen-bond acceptors (Lipinski definition) is 5. The summed E-state index contributed by atoms with van der Waals surface area (Å²) in [7, 11) is -4.08. The first-order chi connectivity index (χ1) is 17.2. The molecule has 0 spiro atoms. The Kier molecular flexibility index (Phi) is 10.6. The maximum absolute atomic E-state index is 13.5. The Labute approximate surface area is 230 Å². The molecule has 0 fully saturated rings. The smallest absolute Gasteiger partial charge is 0.264 e. The van der Waals surface area contributed by atoms with E-state index in [9.17, 15) is 13.2 Å². The van der Waals surface area contributed by atoms with Gasteiger partial charge < -0.3 is 10.1 Å². The summed E-state index contributed by atoms with van der Waals surface area (Å²) < 4.78 is 33.8. The first kappa shape index (κ1) is 28.5. The standard InChI is InChI=1S/C25H25Cl3N2O4S2/c1-2-34-24-6-4-3-5-23(24)30(36(32,33)21-11-9-19(26)10-12-21)16-25(31)29-13-14-35-17-18-7-8-20(27)15-22(18)28/h3-12,15H,2,13-14,16-17H2,1H3,(H,29,31). The van der Waals surface area contributed by atoms with Crippen LogP contribution in [-0.4, -0.2) is 39.8 Å². The van der Waals surface area contributed by atoms with Crippen molar-refractivity contribution in [3.05, 3.63) is 87.4 Å². The van der Waals surface area contributed by atoms with Gasteiger partial charge >= 0.3 is 0 Å². The lowest BCUT2D eigenvalue weighted by Crippen LogP contribution is -2.41. The van der Waals surface area contributed by atoms with Crippen molar-refractivity contribution in [2.75, 3.05) is 29.8 Å². The lowest BCUT2D eigenvalue weighted by molar-refractivity contribution is -0.119. The predicted octanol–water partition coefficient (Wildman–Crippen LogP) is 6.29. The van der Waals surface area contributed by atoms with E-state index in [1.165, 1.54) is 24.3 Å². The first-order valence-electron chi connectivity index (χ1n) is 11.0. The summed E-state index contributed by atoms with van der Waals surface area (Å²) in [4.78, 5) is 12.8. The van der Waals surface area contributed by atoms with E-state index < -0.39 is 22.5 Å². The number of ether oxygens (including phenoxy) is 1. The van der Waals surface area contributed by atoms with Crippen LogP contribution >= 0.6 is 46.6 Å². The molecule has 0 aromatic heterocycles. The van der Waals surface area contributed by atoms with Crippen LogP contribution in [0.15, 0.2) is 71.6 Å². The molecule has 36 heavy (non-hydrogen) atoms. The van der Waals surface area contributed by atoms with Gasteiger partial charge in [0.15, 0.2) is 0 Å². The number of benzene rings is 3. The van der Waals surface area contributed by atoms with Gasteiger partial charge in [-0.25, -0.2) is 8.42 Å². The Morgan fingerprint density at radius 1 is 1.00 bits per heavy atom. The summed E-state index contributed by atoms with van der Waals surface area (Å²) in [6, 6.07) is 17.8. The molecule has 1 N–H and O–H groups in total. The molecule has 3 aromatic carbocycles. The van der Waals surface area contributed by atoms with E-state index >= 15 is 0 Å². The summed E-state index contributed by atoms with van der Waals surface area (Å²) in [5.74, 6) is 1.19. The third-order valence-electron chi connectivity index (χ3n) is 4.96. The second-order valence-electron chi connectivity index (χ2n) is 7.50. The number of carbonyl (C=O) groups is 1. The molecule has 3 aromatic rings. The third kappa shape index (κ3) is 7.70. The number of hydrogen-bond donors (Lipinski definition) is 1. The SMILES string of the molecule is CCOc1ccccc1N(CC(=O)NCCSCc1ccc(Cl)cc1Cl)S(=O)(=O)c1ccc(Cl)cc1. The Morgan fingerprint density at radius 2 is 1.69 bits per heavy atom. The van der Waals surface area contributed by atoms with E-state index in [1.54, 1.807) is 55.1 Å². The summed E-state index contributed by atoms with van der Waals surface area (Å²) in [5.41, 5.74) is 1.22. The zero-order valence-corrected chi connectivity index (χ0v) is 23.3. The maximum atomic E-state index is 13.5. The van der Waals surface area contributed by atoms with Gasteiger partial charge in [0.05, 0.1) is 17.2 Å². The van der Waals surface area contributed by atoms with E-state index in [2.05, 4.69) is 5.32 Å². The van der Waals surface area contributed by atoms with Crippen molar-refractivity contribution in [3.63, 3.8) is 0 Å². The number of amides is 1. The number of rotatable bonds is 12. The monoisotopic (exact) mass is 586 g/mol. The number of para-hydroxylation sites is 2. The molecule has 11 heteroatoms. The van der Waals surface area contributed by atoms with Gasteiger partial charge in [0.2, 0.25) is 5.91 Å². The summed E-state index contributed by atoms with van der Waals surface area (Å²) in [6.07, 6.45) is 0. The number of halogens is 3. The van der Waals surface area contributed by atoms with Gasteiger partial charge in [0, 0.05) is 33.1 Å². The molecule has 0 saturated carbocycles. The minimum Gasteiger partial charge on any atom is -0.492 e. The normalized spacial score (nSPS) is 11.2. The van der Waals surface area contributed by atoms with Crippen molar-refractivity contribution in [3.8, 4) is 5.75 Å². The highest BCUT2D eigenvalue weighted by Gasteiger charge is 2.29. The van der Waals surface area contributed by atoms with Crippen LogP contribution in [-0.2, 0) is 20.6 Å². The zero-order valence-electron chi connectivity index (χ0n) is 19.4. The van der Waals surface area contributed by atoms with E-state index in [-0.39, 0.29) is 10.6 Å². The lowest BCUT2D eigenvalue weighted by Gasteiger charge is -2.26. The molecule has 192 valence electrons. The summed E-state index contributed by atoms with van der Waals surface area (Å²) in [6.45, 7) is 2.09. The fourth-order valence-corrected chi connectivity index (χ4v) is 6.22. The molecule has 0 bridgehead atoms. The Bertz CT molecular complexity index is 1290. The number of sulfonamides is 1. The molecule has 0 heterocycles. The van der Waals surface area contributed by atoms with Gasteiger partial charge in [0.1, 0.15) is 12.3 Å². The average molecular weight is 588 g/mol. The molecular weight excluding hydrogens is 563 g/mol. The molecule has 0 unspecified atom stereocenters. The minimum atomic E-state index is -4.08. The summed E-state index contributed by atoms with van der Waals surface area (Å²) >= 11 is 19.7. The van der Waals surface area contributed by atoms with Crippen LogP contribution in [0.5, 0.6) is 5.75 Å². The van der Waals surface area contributed by atoms with E-state index in [4.69, 9.17) is 39.5 Å². The van der Waals surface area contributed by atoms with Crippen LogP contribution in [0.4, 0.5) is 5.69 Å². The van der Waals surface area contributed by atoms with E-state index in [1.807, 2.05) is 6.07 Å². The highest BCUT2D eigenvalue weighted by atomic mass is 35.5. The van der Waals surface area contributed by atoms with Crippen LogP contribution in [0.1, 0.15) is 12.5 Å². The molecule has 0 atom stereocenters. The zero-order chi connectivity index (χ0) is 26.1. The molecule has 0 aliphatic carbocycles. The van der Waals surface area contributed by atoms with Gasteiger partial charge in [-0.15, -0.1) is 0 Å². The van der Waals surface area contributed by atoms with Crippen molar-refractivity contribution in [1.82, 2.24) is 5.32 Å². The predicted molar refractivity (Wildman–Crippen MR) is 149 cm³/mol. The van der Waals surface area contributed by atoms with Crippen LogP contribution < -0.4 is 14.4 Å². The van der Waals surface area contributed by atoms with Crippen LogP contribution in [0.2, 0.25) is 15.1 Å². The van der Waals surface area contributed by atoms with E-state index in [0.29, 0.717) is 45.5 Å². The molecule has 6 nitrogen and oxygen atoms in total. The quantitative estimate of drug-likeness (QED) is 0.252. The van der Waals surface area contributed by atoms with Crippen molar-refractivity contribution in [2.24, 2.45) is 0 Å². The molecular formula is C25H25Cl3N2O4S2. The number of carbonyl (C=O) groups excluding carboxylic acids is 1. The second-order valence-corrected chi connectivity index (χ2v) is 11.8. The van der Waals surface area contributed by atoms with Crippen LogP contribution in [0, 0.1) is 0 Å². The minimum absolute atomic E-state index is 0.0152. The van der Waals surface area contributed by atoms with Gasteiger partial charge in [-0.1, -0.05) is 53.0 Å².